The molecule has 3 aromatic heterocycles. The van der Waals surface area contributed by atoms with Crippen LogP contribution in [-0.4, -0.2) is 25.1 Å². The zero-order valence-corrected chi connectivity index (χ0v) is 12.7. The fraction of sp³-hybridized carbons (Fsp3) is 0. The molecule has 24 heavy (non-hydrogen) atoms. The van der Waals surface area contributed by atoms with E-state index in [4.69, 9.17) is 4.98 Å². The van der Waals surface area contributed by atoms with Gasteiger partial charge in [-0.1, -0.05) is 30.3 Å². The molecule has 0 aliphatic carbocycles. The first-order chi connectivity index (χ1) is 11.9. The Bertz CT molecular complexity index is 941. The highest BCUT2D eigenvalue weighted by molar-refractivity contribution is 5.78. The Hall–Kier alpha value is -3.47. The second-order valence-electron chi connectivity index (χ2n) is 5.17. The van der Waals surface area contributed by atoms with Crippen molar-refractivity contribution in [2.45, 2.75) is 0 Å². The monoisotopic (exact) mass is 311 g/mol. The average Bonchev–Trinajstić information content (AvgIpc) is 2.69. The Morgan fingerprint density at radius 1 is 0.500 bits per heavy atom. The molecule has 0 aliphatic rings. The minimum Gasteiger partial charge on any atom is -0.265 e. The Morgan fingerprint density at radius 2 is 1.08 bits per heavy atom. The molecular weight excluding hydrogens is 298 g/mol. The van der Waals surface area contributed by atoms with Crippen LogP contribution in [0.15, 0.2) is 79.4 Å². The fourth-order valence-corrected chi connectivity index (χ4v) is 2.45. The lowest BCUT2D eigenvalue weighted by atomic mass is 10.1. The molecule has 0 fully saturated rings. The molecule has 0 saturated carbocycles. The highest BCUT2D eigenvalue weighted by atomic mass is 15.2. The van der Waals surface area contributed by atoms with E-state index < -0.39 is 0 Å². The molecule has 5 heteroatoms. The van der Waals surface area contributed by atoms with Gasteiger partial charge in [-0.2, -0.15) is 0 Å². The van der Waals surface area contributed by atoms with E-state index in [1.54, 1.807) is 24.8 Å². The van der Waals surface area contributed by atoms with Crippen molar-refractivity contribution < 1.29 is 0 Å². The molecule has 3 heterocycles. The lowest BCUT2D eigenvalue weighted by Gasteiger charge is -2.09. The lowest BCUT2D eigenvalue weighted by molar-refractivity contribution is 0.990. The number of rotatable bonds is 3. The molecule has 1 aromatic carbocycles. The van der Waals surface area contributed by atoms with Crippen LogP contribution >= 0.6 is 0 Å². The molecule has 0 aliphatic heterocycles. The Morgan fingerprint density at radius 3 is 1.75 bits per heavy atom. The summed E-state index contributed by atoms with van der Waals surface area (Å²) in [4.78, 5) is 12.9. The fourth-order valence-electron chi connectivity index (χ4n) is 2.45. The van der Waals surface area contributed by atoms with E-state index in [1.165, 1.54) is 0 Å². The van der Waals surface area contributed by atoms with E-state index in [2.05, 4.69) is 20.2 Å². The van der Waals surface area contributed by atoms with E-state index in [-0.39, 0.29) is 0 Å². The SMILES string of the molecule is c1ccc(-c2nnc(-c3ccncc3)nc2-c2ccncc2)cc1. The van der Waals surface area contributed by atoms with Gasteiger partial charge in [0.1, 0.15) is 11.4 Å². The van der Waals surface area contributed by atoms with Crippen LogP contribution in [0.2, 0.25) is 0 Å². The lowest BCUT2D eigenvalue weighted by Crippen LogP contribution is -2.00. The molecule has 0 bridgehead atoms. The van der Waals surface area contributed by atoms with Gasteiger partial charge in [-0.15, -0.1) is 10.2 Å². The molecule has 4 aromatic rings. The molecular formula is C19H13N5. The van der Waals surface area contributed by atoms with Crippen molar-refractivity contribution in [3.05, 3.63) is 79.4 Å². The molecule has 0 amide bonds. The van der Waals surface area contributed by atoms with E-state index in [1.807, 2.05) is 54.6 Å². The van der Waals surface area contributed by atoms with Crippen molar-refractivity contribution >= 4 is 0 Å². The van der Waals surface area contributed by atoms with Crippen LogP contribution in [0, 0.1) is 0 Å². The molecule has 0 atom stereocenters. The maximum Gasteiger partial charge on any atom is 0.182 e. The summed E-state index contributed by atoms with van der Waals surface area (Å²) in [6, 6.07) is 17.5. The summed E-state index contributed by atoms with van der Waals surface area (Å²) in [5.74, 6) is 0.573. The van der Waals surface area contributed by atoms with E-state index in [9.17, 15) is 0 Å². The maximum absolute atomic E-state index is 4.76. The molecule has 114 valence electrons. The van der Waals surface area contributed by atoms with Gasteiger partial charge in [-0.3, -0.25) is 9.97 Å². The number of hydrogen-bond acceptors (Lipinski definition) is 5. The summed E-state index contributed by atoms with van der Waals surface area (Å²) >= 11 is 0. The predicted molar refractivity (Wildman–Crippen MR) is 91.7 cm³/mol. The second kappa shape index (κ2) is 6.34. The third kappa shape index (κ3) is 2.75. The standard InChI is InChI=1S/C19H13N5/c1-2-4-14(5-3-1)18-17(15-6-10-20-11-7-15)22-19(24-23-18)16-8-12-21-13-9-16/h1-13H. The smallest absolute Gasteiger partial charge is 0.182 e. The summed E-state index contributed by atoms with van der Waals surface area (Å²) in [5.41, 5.74) is 4.34. The zero-order valence-electron chi connectivity index (χ0n) is 12.7. The van der Waals surface area contributed by atoms with Crippen molar-refractivity contribution in [1.29, 1.82) is 0 Å². The van der Waals surface area contributed by atoms with Crippen molar-refractivity contribution in [3.63, 3.8) is 0 Å². The van der Waals surface area contributed by atoms with Crippen LogP contribution in [0.25, 0.3) is 33.9 Å². The van der Waals surface area contributed by atoms with Gasteiger partial charge in [-0.05, 0) is 24.3 Å². The summed E-state index contributed by atoms with van der Waals surface area (Å²) in [5, 5.41) is 8.76. The number of pyridine rings is 2. The molecule has 4 rings (SSSR count). The summed E-state index contributed by atoms with van der Waals surface area (Å²) < 4.78 is 0. The summed E-state index contributed by atoms with van der Waals surface area (Å²) in [7, 11) is 0. The van der Waals surface area contributed by atoms with Crippen LogP contribution < -0.4 is 0 Å². The molecule has 0 unspecified atom stereocenters. The van der Waals surface area contributed by atoms with Crippen molar-refractivity contribution in [3.8, 4) is 33.9 Å². The van der Waals surface area contributed by atoms with Crippen LogP contribution in [0.1, 0.15) is 0 Å². The third-order valence-corrected chi connectivity index (χ3v) is 3.63. The van der Waals surface area contributed by atoms with Gasteiger partial charge in [-0.25, -0.2) is 4.98 Å². The van der Waals surface area contributed by atoms with Crippen LogP contribution in [0.5, 0.6) is 0 Å². The topological polar surface area (TPSA) is 64.5 Å². The first-order valence-electron chi connectivity index (χ1n) is 7.53. The van der Waals surface area contributed by atoms with Crippen molar-refractivity contribution in [2.24, 2.45) is 0 Å². The molecule has 0 saturated heterocycles. The van der Waals surface area contributed by atoms with E-state index in [0.29, 0.717) is 5.82 Å². The van der Waals surface area contributed by atoms with Crippen LogP contribution in [0.3, 0.4) is 0 Å². The second-order valence-corrected chi connectivity index (χ2v) is 5.17. The van der Waals surface area contributed by atoms with Gasteiger partial charge < -0.3 is 0 Å². The first kappa shape index (κ1) is 14.1. The van der Waals surface area contributed by atoms with Crippen molar-refractivity contribution in [2.75, 3.05) is 0 Å². The molecule has 0 radical (unpaired) electrons. The van der Waals surface area contributed by atoms with Crippen LogP contribution in [-0.2, 0) is 0 Å². The number of nitrogens with zero attached hydrogens (tertiary/aromatic N) is 5. The first-order valence-corrected chi connectivity index (χ1v) is 7.53. The third-order valence-electron chi connectivity index (χ3n) is 3.63. The maximum atomic E-state index is 4.76. The Labute approximate surface area is 139 Å². The molecule has 0 spiro atoms. The Balaban J connectivity index is 1.92. The zero-order chi connectivity index (χ0) is 16.2. The van der Waals surface area contributed by atoms with Gasteiger partial charge in [0.05, 0.1) is 0 Å². The van der Waals surface area contributed by atoms with E-state index in [0.717, 1.165) is 28.1 Å². The largest absolute Gasteiger partial charge is 0.265 e. The minimum absolute atomic E-state index is 0.573. The average molecular weight is 311 g/mol. The highest BCUT2D eigenvalue weighted by Crippen LogP contribution is 2.29. The highest BCUT2D eigenvalue weighted by Gasteiger charge is 2.14. The molecule has 0 N–H and O–H groups in total. The Kier molecular flexibility index (Phi) is 3.73. The van der Waals surface area contributed by atoms with Gasteiger partial charge in [0, 0.05) is 41.5 Å². The van der Waals surface area contributed by atoms with Crippen LogP contribution in [0.4, 0.5) is 0 Å². The minimum atomic E-state index is 0.573. The summed E-state index contributed by atoms with van der Waals surface area (Å²) in [6.45, 7) is 0. The predicted octanol–water partition coefficient (Wildman–Crippen LogP) is 3.66. The van der Waals surface area contributed by atoms with Gasteiger partial charge in [0.25, 0.3) is 0 Å². The quantitative estimate of drug-likeness (QED) is 0.577. The van der Waals surface area contributed by atoms with Gasteiger partial charge in [0.2, 0.25) is 0 Å². The number of aromatic nitrogens is 5. The normalized spacial score (nSPS) is 10.5. The van der Waals surface area contributed by atoms with Gasteiger partial charge >= 0.3 is 0 Å². The van der Waals surface area contributed by atoms with Gasteiger partial charge in [0.15, 0.2) is 5.82 Å². The number of hydrogen-bond donors (Lipinski definition) is 0. The number of benzene rings is 1. The summed E-state index contributed by atoms with van der Waals surface area (Å²) in [6.07, 6.45) is 6.93. The van der Waals surface area contributed by atoms with Crippen molar-refractivity contribution in [1.82, 2.24) is 25.1 Å². The molecule has 5 nitrogen and oxygen atoms in total. The van der Waals surface area contributed by atoms with E-state index >= 15 is 0 Å².